The summed E-state index contributed by atoms with van der Waals surface area (Å²) >= 11 is 1.71. The lowest BCUT2D eigenvalue weighted by Crippen LogP contribution is -1.99. The summed E-state index contributed by atoms with van der Waals surface area (Å²) in [5, 5.41) is 8.40. The molecule has 0 spiro atoms. The largest absolute Gasteiger partial charge is 0.208 e. The number of rotatable bonds is 6. The molecule has 266 valence electrons. The standard InChI is InChI=1S/C53H33N3S/c1-2-15-35(16-3-1)41-19-7-8-20-42(41)50-45-23-11-9-21-43(45)49(44-22-10-12-24-46(44)50)36-27-29-37(30-28-36)51-54-52(40-31-26-34-14-4-5-17-38(34)32-40)56-53(55-51)48-33-39-18-6-13-25-47(39)57-48/h1-33H. The third-order valence-corrected chi connectivity index (χ3v) is 12.0. The van der Waals surface area contributed by atoms with Gasteiger partial charge in [0, 0.05) is 15.8 Å². The van der Waals surface area contributed by atoms with Gasteiger partial charge in [0.2, 0.25) is 0 Å². The van der Waals surface area contributed by atoms with Gasteiger partial charge in [0.15, 0.2) is 17.5 Å². The van der Waals surface area contributed by atoms with E-state index < -0.39 is 0 Å². The molecule has 0 unspecified atom stereocenters. The first-order valence-electron chi connectivity index (χ1n) is 19.2. The van der Waals surface area contributed by atoms with Gasteiger partial charge < -0.3 is 0 Å². The van der Waals surface area contributed by atoms with E-state index in [1.807, 2.05) is 0 Å². The molecule has 0 amide bonds. The van der Waals surface area contributed by atoms with Crippen molar-refractivity contribution < 1.29 is 0 Å². The number of aromatic nitrogens is 3. The van der Waals surface area contributed by atoms with Gasteiger partial charge >= 0.3 is 0 Å². The van der Waals surface area contributed by atoms with Crippen molar-refractivity contribution in [1.82, 2.24) is 15.0 Å². The van der Waals surface area contributed by atoms with Crippen LogP contribution in [0.2, 0.25) is 0 Å². The molecule has 0 radical (unpaired) electrons. The Balaban J connectivity index is 1.07. The molecule has 0 aliphatic rings. The second-order valence-electron chi connectivity index (χ2n) is 14.3. The van der Waals surface area contributed by atoms with Gasteiger partial charge in [-0.2, -0.15) is 0 Å². The monoisotopic (exact) mass is 743 g/mol. The van der Waals surface area contributed by atoms with Crippen LogP contribution in [0.1, 0.15) is 0 Å². The molecule has 11 aromatic rings. The molecular formula is C53H33N3S. The SMILES string of the molecule is c1ccc(-c2ccccc2-c2c3ccccc3c(-c3ccc(-c4nc(-c5ccc6ccccc6c5)nc(-c5cc6ccccc6s5)n4)cc3)c3ccccc23)cc1. The van der Waals surface area contributed by atoms with Crippen LogP contribution in [0.15, 0.2) is 200 Å². The Bertz CT molecular complexity index is 3200. The fourth-order valence-corrected chi connectivity index (χ4v) is 9.25. The molecule has 0 saturated heterocycles. The Morgan fingerprint density at radius 3 is 1.51 bits per heavy atom. The molecule has 0 aliphatic heterocycles. The molecule has 0 fully saturated rings. The summed E-state index contributed by atoms with van der Waals surface area (Å²) in [7, 11) is 0. The summed E-state index contributed by atoms with van der Waals surface area (Å²) in [4.78, 5) is 16.3. The van der Waals surface area contributed by atoms with Crippen molar-refractivity contribution in [1.29, 1.82) is 0 Å². The Kier molecular flexibility index (Phi) is 8.01. The number of fused-ring (bicyclic) bond motifs is 4. The first kappa shape index (κ1) is 33.1. The van der Waals surface area contributed by atoms with Crippen LogP contribution in [-0.4, -0.2) is 15.0 Å². The van der Waals surface area contributed by atoms with Crippen molar-refractivity contribution in [3.63, 3.8) is 0 Å². The molecule has 0 N–H and O–H groups in total. The molecule has 2 aromatic heterocycles. The molecule has 4 heteroatoms. The van der Waals surface area contributed by atoms with Gasteiger partial charge in [-0.05, 0) is 89.3 Å². The number of nitrogens with zero attached hydrogens (tertiary/aromatic N) is 3. The van der Waals surface area contributed by atoms with Gasteiger partial charge in [0.1, 0.15) is 0 Å². The van der Waals surface area contributed by atoms with Gasteiger partial charge in [0.05, 0.1) is 4.88 Å². The quantitative estimate of drug-likeness (QED) is 0.159. The van der Waals surface area contributed by atoms with Crippen molar-refractivity contribution in [3.05, 3.63) is 200 Å². The summed E-state index contributed by atoms with van der Waals surface area (Å²) in [5.74, 6) is 1.98. The highest BCUT2D eigenvalue weighted by atomic mass is 32.1. The average Bonchev–Trinajstić information content (AvgIpc) is 3.73. The topological polar surface area (TPSA) is 38.7 Å². The van der Waals surface area contributed by atoms with Crippen molar-refractivity contribution >= 4 is 53.7 Å². The van der Waals surface area contributed by atoms with Crippen LogP contribution in [0, 0.1) is 0 Å². The molecule has 3 nitrogen and oxygen atoms in total. The number of hydrogen-bond acceptors (Lipinski definition) is 4. The minimum atomic E-state index is 0.648. The summed E-state index contributed by atoms with van der Waals surface area (Å²) in [5.41, 5.74) is 9.16. The molecule has 57 heavy (non-hydrogen) atoms. The van der Waals surface area contributed by atoms with E-state index in [9.17, 15) is 0 Å². The lowest BCUT2D eigenvalue weighted by Gasteiger charge is -2.19. The summed E-state index contributed by atoms with van der Waals surface area (Å²) in [6.07, 6.45) is 0. The van der Waals surface area contributed by atoms with Gasteiger partial charge in [-0.25, -0.2) is 15.0 Å². The van der Waals surface area contributed by atoms with Gasteiger partial charge in [-0.1, -0.05) is 182 Å². The molecule has 0 saturated carbocycles. The van der Waals surface area contributed by atoms with Crippen LogP contribution in [0.3, 0.4) is 0 Å². The van der Waals surface area contributed by atoms with Gasteiger partial charge in [-0.15, -0.1) is 11.3 Å². The van der Waals surface area contributed by atoms with E-state index in [0.29, 0.717) is 17.5 Å². The number of hydrogen-bond donors (Lipinski definition) is 0. The lowest BCUT2D eigenvalue weighted by atomic mass is 9.84. The fraction of sp³-hybridized carbons (Fsp3) is 0. The molecule has 9 aromatic carbocycles. The summed E-state index contributed by atoms with van der Waals surface area (Å²) in [6.45, 7) is 0. The maximum Gasteiger partial charge on any atom is 0.174 e. The highest BCUT2D eigenvalue weighted by Gasteiger charge is 2.20. The van der Waals surface area contributed by atoms with Gasteiger partial charge in [0.25, 0.3) is 0 Å². The average molecular weight is 744 g/mol. The second kappa shape index (κ2) is 13.8. The molecule has 0 bridgehead atoms. The number of thiophene rings is 1. The molecular weight excluding hydrogens is 711 g/mol. The minimum Gasteiger partial charge on any atom is -0.208 e. The predicted molar refractivity (Wildman–Crippen MR) is 240 cm³/mol. The predicted octanol–water partition coefficient (Wildman–Crippen LogP) is 14.5. The normalized spacial score (nSPS) is 11.5. The summed E-state index contributed by atoms with van der Waals surface area (Å²) in [6, 6.07) is 71.3. The zero-order valence-corrected chi connectivity index (χ0v) is 31.6. The third-order valence-electron chi connectivity index (χ3n) is 10.9. The van der Waals surface area contributed by atoms with Crippen molar-refractivity contribution in [2.75, 3.05) is 0 Å². The van der Waals surface area contributed by atoms with E-state index in [1.165, 1.54) is 64.8 Å². The van der Waals surface area contributed by atoms with Crippen LogP contribution < -0.4 is 0 Å². The van der Waals surface area contributed by atoms with E-state index >= 15 is 0 Å². The highest BCUT2D eigenvalue weighted by Crippen LogP contribution is 2.46. The van der Waals surface area contributed by atoms with Crippen molar-refractivity contribution in [2.24, 2.45) is 0 Å². The van der Waals surface area contributed by atoms with Crippen molar-refractivity contribution in [3.8, 4) is 66.9 Å². The van der Waals surface area contributed by atoms with E-state index in [4.69, 9.17) is 15.0 Å². The maximum absolute atomic E-state index is 5.13. The lowest BCUT2D eigenvalue weighted by molar-refractivity contribution is 1.08. The molecule has 0 atom stereocenters. The molecule has 11 rings (SSSR count). The maximum atomic E-state index is 5.13. The van der Waals surface area contributed by atoms with E-state index in [2.05, 4.69) is 200 Å². The Morgan fingerprint density at radius 2 is 0.807 bits per heavy atom. The number of benzene rings is 9. The molecule has 0 aliphatic carbocycles. The van der Waals surface area contributed by atoms with Crippen LogP contribution in [0.4, 0.5) is 0 Å². The van der Waals surface area contributed by atoms with Crippen LogP contribution in [-0.2, 0) is 0 Å². The van der Waals surface area contributed by atoms with E-state index in [0.717, 1.165) is 27.0 Å². The first-order valence-corrected chi connectivity index (χ1v) is 20.0. The zero-order valence-electron chi connectivity index (χ0n) is 30.8. The second-order valence-corrected chi connectivity index (χ2v) is 15.4. The fourth-order valence-electron chi connectivity index (χ4n) is 8.25. The van der Waals surface area contributed by atoms with Crippen molar-refractivity contribution in [2.45, 2.75) is 0 Å². The van der Waals surface area contributed by atoms with Crippen LogP contribution >= 0.6 is 11.3 Å². The van der Waals surface area contributed by atoms with Crippen LogP contribution in [0.25, 0.3) is 109 Å². The van der Waals surface area contributed by atoms with Gasteiger partial charge in [-0.3, -0.25) is 0 Å². The zero-order chi connectivity index (χ0) is 37.7. The van der Waals surface area contributed by atoms with E-state index in [-0.39, 0.29) is 0 Å². The Morgan fingerprint density at radius 1 is 0.298 bits per heavy atom. The van der Waals surface area contributed by atoms with E-state index in [1.54, 1.807) is 11.3 Å². The molecule has 2 heterocycles. The summed E-state index contributed by atoms with van der Waals surface area (Å²) < 4.78 is 1.21. The smallest absolute Gasteiger partial charge is 0.174 e. The highest BCUT2D eigenvalue weighted by molar-refractivity contribution is 7.22. The Labute approximate surface area is 334 Å². The Hall–Kier alpha value is -7.27. The minimum absolute atomic E-state index is 0.648. The first-order chi connectivity index (χ1) is 28.2. The van der Waals surface area contributed by atoms with Crippen LogP contribution in [0.5, 0.6) is 0 Å². The third kappa shape index (κ3) is 5.86.